The summed E-state index contributed by atoms with van der Waals surface area (Å²) in [6.07, 6.45) is 13.9. The van der Waals surface area contributed by atoms with Crippen molar-refractivity contribution in [2.45, 2.75) is 13.8 Å². The van der Waals surface area contributed by atoms with Crippen molar-refractivity contribution in [2.75, 3.05) is 0 Å². The van der Waals surface area contributed by atoms with E-state index < -0.39 is 0 Å². The minimum Gasteiger partial charge on any atom is -0.241 e. The third-order valence-electron chi connectivity index (χ3n) is 2.84. The molecule has 0 aliphatic heterocycles. The van der Waals surface area contributed by atoms with Gasteiger partial charge in [-0.1, -0.05) is 38.5 Å². The Kier molecular flexibility index (Phi) is 7.64. The number of allylic oxidation sites excluding steroid dienone is 8. The van der Waals surface area contributed by atoms with Crippen LogP contribution in [0.4, 0.5) is 0 Å². The Morgan fingerprint density at radius 2 is 1.50 bits per heavy atom. The molecule has 2 rings (SSSR count). The molecule has 0 amide bonds. The van der Waals surface area contributed by atoms with Crippen molar-refractivity contribution < 1.29 is 0 Å². The fourth-order valence-electron chi connectivity index (χ4n) is 1.80. The van der Waals surface area contributed by atoms with E-state index in [1.54, 1.807) is 34.0 Å². The molecule has 5 heteroatoms. The van der Waals surface area contributed by atoms with Gasteiger partial charge in [-0.05, 0) is 43.2 Å². The Balaban J connectivity index is 0.000000240. The van der Waals surface area contributed by atoms with Crippen molar-refractivity contribution in [2.24, 2.45) is 0 Å². The number of hydrogen-bond acceptors (Lipinski definition) is 3. The minimum atomic E-state index is 0.905. The summed E-state index contributed by atoms with van der Waals surface area (Å²) in [5.41, 5.74) is 3.77. The highest BCUT2D eigenvalue weighted by atomic mass is 15.3. The second-order valence-electron chi connectivity index (χ2n) is 4.93. The highest BCUT2D eigenvalue weighted by molar-refractivity contribution is 5.63. The lowest BCUT2D eigenvalue weighted by atomic mass is 10.2. The molecular formula is C19H23N5. The van der Waals surface area contributed by atoms with E-state index in [2.05, 4.69) is 41.5 Å². The van der Waals surface area contributed by atoms with Crippen LogP contribution in [0.5, 0.6) is 0 Å². The van der Waals surface area contributed by atoms with E-state index in [4.69, 9.17) is 0 Å². The van der Waals surface area contributed by atoms with E-state index >= 15 is 0 Å². The van der Waals surface area contributed by atoms with E-state index in [0.29, 0.717) is 0 Å². The van der Waals surface area contributed by atoms with Gasteiger partial charge in [0, 0.05) is 12.4 Å². The summed E-state index contributed by atoms with van der Waals surface area (Å²) >= 11 is 0. The van der Waals surface area contributed by atoms with Crippen molar-refractivity contribution in [3.63, 3.8) is 0 Å². The van der Waals surface area contributed by atoms with Gasteiger partial charge in [0.2, 0.25) is 0 Å². The van der Waals surface area contributed by atoms with Gasteiger partial charge in [0.05, 0.1) is 11.4 Å². The molecule has 0 spiro atoms. The normalized spacial score (nSPS) is 11.2. The first-order valence-electron chi connectivity index (χ1n) is 7.33. The first kappa shape index (κ1) is 18.8. The molecule has 124 valence electrons. The van der Waals surface area contributed by atoms with Crippen LogP contribution < -0.4 is 0 Å². The van der Waals surface area contributed by atoms with Gasteiger partial charge in [-0.15, -0.1) is 0 Å². The highest BCUT2D eigenvalue weighted by Gasteiger charge is 1.99. The zero-order valence-corrected chi connectivity index (χ0v) is 14.3. The molecule has 0 unspecified atom stereocenters. The molecule has 0 fully saturated rings. The summed E-state index contributed by atoms with van der Waals surface area (Å²) in [5.74, 6) is 0. The van der Waals surface area contributed by atoms with Gasteiger partial charge in [-0.3, -0.25) is 0 Å². The third-order valence-corrected chi connectivity index (χ3v) is 2.84. The summed E-state index contributed by atoms with van der Waals surface area (Å²) in [6, 6.07) is 1.87. The van der Waals surface area contributed by atoms with Crippen molar-refractivity contribution in [3.8, 4) is 0 Å². The molecule has 2 heterocycles. The third kappa shape index (κ3) is 5.53. The molecular weight excluding hydrogens is 298 g/mol. The van der Waals surface area contributed by atoms with Gasteiger partial charge in [-0.25, -0.2) is 14.3 Å². The van der Waals surface area contributed by atoms with Gasteiger partial charge in [0.1, 0.15) is 12.7 Å². The standard InChI is InChI=1S/C10H12N2.C9H11N3/c1-4-6-10(9(2)3)12-8-5-7-11-12;1-4-5-9(8(2)3)12-7-10-6-11-12/h4-8H,1-2H2,3H3;4-7H,1-2H2,3H3/b10-6+;9-5+. The van der Waals surface area contributed by atoms with Crippen LogP contribution in [0.25, 0.3) is 11.4 Å². The zero-order chi connectivity index (χ0) is 17.9. The van der Waals surface area contributed by atoms with Crippen LogP contribution in [0.1, 0.15) is 13.8 Å². The molecule has 0 saturated carbocycles. The summed E-state index contributed by atoms with van der Waals surface area (Å²) in [6.45, 7) is 18.8. The van der Waals surface area contributed by atoms with Gasteiger partial charge in [0.15, 0.2) is 0 Å². The van der Waals surface area contributed by atoms with Crippen LogP contribution >= 0.6 is 0 Å². The Hall–Kier alpha value is -3.21. The van der Waals surface area contributed by atoms with E-state index in [9.17, 15) is 0 Å². The van der Waals surface area contributed by atoms with Crippen LogP contribution in [-0.4, -0.2) is 24.5 Å². The quantitative estimate of drug-likeness (QED) is 0.742. The molecule has 0 aliphatic rings. The number of aromatic nitrogens is 5. The lowest BCUT2D eigenvalue weighted by Gasteiger charge is -2.04. The molecule has 0 bridgehead atoms. The second kappa shape index (κ2) is 9.74. The largest absolute Gasteiger partial charge is 0.241 e. The van der Waals surface area contributed by atoms with Crippen molar-refractivity contribution >= 4 is 11.4 Å². The monoisotopic (exact) mass is 321 g/mol. The van der Waals surface area contributed by atoms with Gasteiger partial charge < -0.3 is 0 Å². The first-order chi connectivity index (χ1) is 11.5. The fraction of sp³-hybridized carbons (Fsp3) is 0.105. The number of rotatable bonds is 6. The maximum atomic E-state index is 4.10. The molecule has 0 atom stereocenters. The van der Waals surface area contributed by atoms with Gasteiger partial charge in [0.25, 0.3) is 0 Å². The minimum absolute atomic E-state index is 0.905. The predicted octanol–water partition coefficient (Wildman–Crippen LogP) is 4.37. The smallest absolute Gasteiger partial charge is 0.138 e. The summed E-state index contributed by atoms with van der Waals surface area (Å²) in [5, 5.41) is 8.08. The van der Waals surface area contributed by atoms with Crippen LogP contribution in [0.3, 0.4) is 0 Å². The molecule has 0 aromatic carbocycles. The Morgan fingerprint density at radius 3 is 1.88 bits per heavy atom. The zero-order valence-electron chi connectivity index (χ0n) is 14.3. The van der Waals surface area contributed by atoms with Gasteiger partial charge >= 0.3 is 0 Å². The number of nitrogens with zero attached hydrogens (tertiary/aromatic N) is 5. The van der Waals surface area contributed by atoms with Crippen LogP contribution in [0.2, 0.25) is 0 Å². The average Bonchev–Trinajstić information content (AvgIpc) is 3.23. The molecule has 5 nitrogen and oxygen atoms in total. The summed E-state index contributed by atoms with van der Waals surface area (Å²) in [4.78, 5) is 3.84. The first-order valence-corrected chi connectivity index (χ1v) is 7.33. The lowest BCUT2D eigenvalue weighted by molar-refractivity contribution is 0.899. The van der Waals surface area contributed by atoms with Gasteiger partial charge in [-0.2, -0.15) is 10.2 Å². The Bertz CT molecular complexity index is 678. The molecule has 2 aromatic rings. The molecule has 0 aliphatic carbocycles. The maximum absolute atomic E-state index is 4.10. The van der Waals surface area contributed by atoms with Crippen molar-refractivity contribution in [1.82, 2.24) is 24.5 Å². The van der Waals surface area contributed by atoms with E-state index in [0.717, 1.165) is 22.5 Å². The molecule has 24 heavy (non-hydrogen) atoms. The molecule has 0 N–H and O–H groups in total. The molecule has 2 aromatic heterocycles. The van der Waals surface area contributed by atoms with Crippen LogP contribution in [0.15, 0.2) is 92.9 Å². The summed E-state index contributed by atoms with van der Waals surface area (Å²) in [7, 11) is 0. The van der Waals surface area contributed by atoms with Crippen LogP contribution in [-0.2, 0) is 0 Å². The average molecular weight is 321 g/mol. The summed E-state index contributed by atoms with van der Waals surface area (Å²) < 4.78 is 3.42. The maximum Gasteiger partial charge on any atom is 0.138 e. The Morgan fingerprint density at radius 1 is 0.917 bits per heavy atom. The number of hydrogen-bond donors (Lipinski definition) is 0. The predicted molar refractivity (Wildman–Crippen MR) is 101 cm³/mol. The molecule has 0 radical (unpaired) electrons. The van der Waals surface area contributed by atoms with E-state index in [1.165, 1.54) is 6.33 Å². The molecule has 0 saturated heterocycles. The Labute approximate surface area is 143 Å². The fourth-order valence-corrected chi connectivity index (χ4v) is 1.80. The second-order valence-corrected chi connectivity index (χ2v) is 4.93. The van der Waals surface area contributed by atoms with E-state index in [-0.39, 0.29) is 0 Å². The van der Waals surface area contributed by atoms with E-state index in [1.807, 2.05) is 38.3 Å². The highest BCUT2D eigenvalue weighted by Crippen LogP contribution is 2.12. The lowest BCUT2D eigenvalue weighted by Crippen LogP contribution is -1.97. The van der Waals surface area contributed by atoms with Crippen LogP contribution in [0, 0.1) is 0 Å². The van der Waals surface area contributed by atoms with Crippen molar-refractivity contribution in [1.29, 1.82) is 0 Å². The SMILES string of the molecule is C=C/C=C(\C(=C)C)n1cccn1.C=C/C=C(\C(=C)C)n1cncn1. The topological polar surface area (TPSA) is 48.5 Å². The van der Waals surface area contributed by atoms with Crippen molar-refractivity contribution in [3.05, 3.63) is 92.9 Å².